The van der Waals surface area contributed by atoms with E-state index in [9.17, 15) is 9.59 Å². The molecule has 0 saturated carbocycles. The standard InChI is InChI=1S/C21H22ClN3O3S/c1-14-5-3-6-16(11-14)23-19(26)13-29-21-24-18-12-15(22)7-8-17(18)20(27)25(21)9-4-10-28-2/h3,5-8,11-12H,4,9-10,13H2,1-2H3,(H,23,26). The number of halogens is 1. The van der Waals surface area contributed by atoms with E-state index in [0.717, 1.165) is 11.3 Å². The van der Waals surface area contributed by atoms with Crippen molar-refractivity contribution < 1.29 is 9.53 Å². The Bertz CT molecular complexity index is 1080. The summed E-state index contributed by atoms with van der Waals surface area (Å²) in [4.78, 5) is 29.9. The lowest BCUT2D eigenvalue weighted by atomic mass is 10.2. The van der Waals surface area contributed by atoms with E-state index in [1.807, 2.05) is 31.2 Å². The molecule has 3 aromatic rings. The van der Waals surface area contributed by atoms with Crippen LogP contribution >= 0.6 is 23.4 Å². The zero-order chi connectivity index (χ0) is 20.8. The van der Waals surface area contributed by atoms with E-state index in [1.54, 1.807) is 29.9 Å². The van der Waals surface area contributed by atoms with Crippen molar-refractivity contribution in [2.45, 2.75) is 25.0 Å². The van der Waals surface area contributed by atoms with Crippen molar-refractivity contribution in [1.82, 2.24) is 9.55 Å². The summed E-state index contributed by atoms with van der Waals surface area (Å²) < 4.78 is 6.69. The maximum absolute atomic E-state index is 13.0. The molecule has 1 heterocycles. The fourth-order valence-electron chi connectivity index (χ4n) is 2.90. The second-order valence-corrected chi connectivity index (χ2v) is 7.94. The molecule has 1 amide bonds. The van der Waals surface area contributed by atoms with Crippen molar-refractivity contribution in [3.05, 3.63) is 63.4 Å². The molecule has 2 aromatic carbocycles. The first-order chi connectivity index (χ1) is 14.0. The van der Waals surface area contributed by atoms with Crippen LogP contribution in [0.3, 0.4) is 0 Å². The molecule has 6 nitrogen and oxygen atoms in total. The minimum Gasteiger partial charge on any atom is -0.385 e. The Hall–Kier alpha value is -2.35. The fraction of sp³-hybridized carbons (Fsp3) is 0.286. The van der Waals surface area contributed by atoms with Gasteiger partial charge in [0.1, 0.15) is 0 Å². The molecule has 0 atom stereocenters. The van der Waals surface area contributed by atoms with Gasteiger partial charge in [-0.2, -0.15) is 0 Å². The minimum atomic E-state index is -0.163. The molecule has 0 aliphatic carbocycles. The summed E-state index contributed by atoms with van der Waals surface area (Å²) in [6, 6.07) is 12.6. The Balaban J connectivity index is 1.83. The number of ether oxygens (including phenoxy) is 1. The summed E-state index contributed by atoms with van der Waals surface area (Å²) in [6.07, 6.45) is 0.667. The Morgan fingerprint density at radius 2 is 2.10 bits per heavy atom. The molecule has 8 heteroatoms. The van der Waals surface area contributed by atoms with Gasteiger partial charge in [0.2, 0.25) is 5.91 Å². The summed E-state index contributed by atoms with van der Waals surface area (Å²) in [5.74, 6) is -0.0269. The Labute approximate surface area is 178 Å². The first-order valence-corrected chi connectivity index (χ1v) is 10.5. The molecule has 29 heavy (non-hydrogen) atoms. The average Bonchev–Trinajstić information content (AvgIpc) is 2.68. The van der Waals surface area contributed by atoms with Crippen LogP contribution in [0.1, 0.15) is 12.0 Å². The molecule has 0 unspecified atom stereocenters. The van der Waals surface area contributed by atoms with Gasteiger partial charge in [-0.3, -0.25) is 14.2 Å². The lowest BCUT2D eigenvalue weighted by Crippen LogP contribution is -2.25. The van der Waals surface area contributed by atoms with Crippen molar-refractivity contribution in [3.8, 4) is 0 Å². The third kappa shape index (κ3) is 5.59. The molecule has 3 rings (SSSR count). The van der Waals surface area contributed by atoms with Crippen LogP contribution in [0.2, 0.25) is 5.02 Å². The lowest BCUT2D eigenvalue weighted by Gasteiger charge is -2.13. The molecule has 0 aliphatic heterocycles. The van der Waals surface area contributed by atoms with E-state index in [2.05, 4.69) is 10.3 Å². The molecule has 0 saturated heterocycles. The number of aromatic nitrogens is 2. The number of nitrogens with one attached hydrogen (secondary N) is 1. The van der Waals surface area contributed by atoms with E-state index < -0.39 is 0 Å². The van der Waals surface area contributed by atoms with Crippen LogP contribution < -0.4 is 10.9 Å². The maximum atomic E-state index is 13.0. The van der Waals surface area contributed by atoms with Gasteiger partial charge in [0, 0.05) is 31.0 Å². The number of aryl methyl sites for hydroxylation is 1. The molecule has 0 spiro atoms. The van der Waals surface area contributed by atoms with Crippen LogP contribution in [0.25, 0.3) is 10.9 Å². The predicted molar refractivity (Wildman–Crippen MR) is 118 cm³/mol. The highest BCUT2D eigenvalue weighted by Crippen LogP contribution is 2.21. The van der Waals surface area contributed by atoms with Crippen LogP contribution in [0.15, 0.2) is 52.4 Å². The largest absolute Gasteiger partial charge is 0.385 e. The summed E-state index contributed by atoms with van der Waals surface area (Å²) in [5, 5.41) is 4.37. The Morgan fingerprint density at radius 3 is 2.86 bits per heavy atom. The van der Waals surface area contributed by atoms with Crippen LogP contribution in [-0.4, -0.2) is 34.9 Å². The summed E-state index contributed by atoms with van der Waals surface area (Å²) in [6.45, 7) is 2.95. The number of hydrogen-bond acceptors (Lipinski definition) is 5. The van der Waals surface area contributed by atoms with Crippen molar-refractivity contribution in [2.75, 3.05) is 24.8 Å². The highest BCUT2D eigenvalue weighted by Gasteiger charge is 2.14. The van der Waals surface area contributed by atoms with E-state index >= 15 is 0 Å². The predicted octanol–water partition coefficient (Wildman–Crippen LogP) is 4.13. The summed E-state index contributed by atoms with van der Waals surface area (Å²) in [7, 11) is 1.62. The minimum absolute atomic E-state index is 0.136. The molecule has 0 radical (unpaired) electrons. The molecule has 1 N–H and O–H groups in total. The second kappa shape index (κ2) is 9.91. The first kappa shape index (κ1) is 21.4. The van der Waals surface area contributed by atoms with Gasteiger partial charge in [-0.1, -0.05) is 35.5 Å². The van der Waals surface area contributed by atoms with Crippen molar-refractivity contribution in [3.63, 3.8) is 0 Å². The molecule has 152 valence electrons. The SMILES string of the molecule is COCCCn1c(SCC(=O)Nc2cccc(C)c2)nc2cc(Cl)ccc2c1=O. The fourth-order valence-corrected chi connectivity index (χ4v) is 3.89. The van der Waals surface area contributed by atoms with E-state index in [1.165, 1.54) is 11.8 Å². The number of nitrogens with zero attached hydrogens (tertiary/aromatic N) is 2. The normalized spacial score (nSPS) is 11.0. The molecular formula is C21H22ClN3O3S. The third-order valence-corrected chi connectivity index (χ3v) is 5.46. The quantitative estimate of drug-likeness (QED) is 0.330. The Kier molecular flexibility index (Phi) is 7.30. The number of thioether (sulfide) groups is 1. The number of benzene rings is 2. The number of fused-ring (bicyclic) bond motifs is 1. The topological polar surface area (TPSA) is 73.2 Å². The Morgan fingerprint density at radius 1 is 1.28 bits per heavy atom. The van der Waals surface area contributed by atoms with Gasteiger partial charge in [0.15, 0.2) is 5.16 Å². The van der Waals surface area contributed by atoms with Gasteiger partial charge in [-0.25, -0.2) is 4.98 Å². The zero-order valence-electron chi connectivity index (χ0n) is 16.3. The molecule has 0 bridgehead atoms. The number of methoxy groups -OCH3 is 1. The van der Waals surface area contributed by atoms with Crippen LogP contribution in [0.5, 0.6) is 0 Å². The van der Waals surface area contributed by atoms with Crippen molar-refractivity contribution >= 4 is 45.9 Å². The highest BCUT2D eigenvalue weighted by molar-refractivity contribution is 7.99. The van der Waals surface area contributed by atoms with Gasteiger partial charge in [0.05, 0.1) is 16.7 Å². The van der Waals surface area contributed by atoms with Crippen molar-refractivity contribution in [1.29, 1.82) is 0 Å². The first-order valence-electron chi connectivity index (χ1n) is 9.16. The number of carbonyl (C=O) groups excluding carboxylic acids is 1. The number of hydrogen-bond donors (Lipinski definition) is 1. The molecule has 0 aliphatic rings. The van der Waals surface area contributed by atoms with Crippen LogP contribution in [-0.2, 0) is 16.1 Å². The second-order valence-electron chi connectivity index (χ2n) is 6.57. The average molecular weight is 432 g/mol. The third-order valence-electron chi connectivity index (χ3n) is 4.25. The molecule has 0 fully saturated rings. The summed E-state index contributed by atoms with van der Waals surface area (Å²) in [5.41, 5.74) is 2.18. The van der Waals surface area contributed by atoms with E-state index in [4.69, 9.17) is 16.3 Å². The van der Waals surface area contributed by atoms with Gasteiger partial charge < -0.3 is 10.1 Å². The molecule has 1 aromatic heterocycles. The summed E-state index contributed by atoms with van der Waals surface area (Å²) >= 11 is 7.29. The van der Waals surface area contributed by atoms with Crippen LogP contribution in [0, 0.1) is 6.92 Å². The number of rotatable bonds is 8. The van der Waals surface area contributed by atoms with Gasteiger partial charge in [-0.15, -0.1) is 0 Å². The van der Waals surface area contributed by atoms with Gasteiger partial charge in [-0.05, 0) is 49.2 Å². The number of anilines is 1. The zero-order valence-corrected chi connectivity index (χ0v) is 17.8. The molecular weight excluding hydrogens is 410 g/mol. The van der Waals surface area contributed by atoms with Gasteiger partial charge in [0.25, 0.3) is 5.56 Å². The number of amides is 1. The number of carbonyl (C=O) groups is 1. The van der Waals surface area contributed by atoms with Crippen LogP contribution in [0.4, 0.5) is 5.69 Å². The van der Waals surface area contributed by atoms with Gasteiger partial charge >= 0.3 is 0 Å². The van der Waals surface area contributed by atoms with Crippen molar-refractivity contribution in [2.24, 2.45) is 0 Å². The van der Waals surface area contributed by atoms with E-state index in [0.29, 0.717) is 40.7 Å². The monoisotopic (exact) mass is 431 g/mol. The lowest BCUT2D eigenvalue weighted by molar-refractivity contribution is -0.113. The maximum Gasteiger partial charge on any atom is 0.262 e. The highest BCUT2D eigenvalue weighted by atomic mass is 35.5. The van der Waals surface area contributed by atoms with E-state index in [-0.39, 0.29) is 17.2 Å². The smallest absolute Gasteiger partial charge is 0.262 e.